The van der Waals surface area contributed by atoms with Crippen molar-refractivity contribution >= 4 is 17.7 Å². The van der Waals surface area contributed by atoms with E-state index in [9.17, 15) is 14.4 Å². The first kappa shape index (κ1) is 17.4. The van der Waals surface area contributed by atoms with Crippen LogP contribution in [0, 0.1) is 5.92 Å². The van der Waals surface area contributed by atoms with E-state index < -0.39 is 18.0 Å². The SMILES string of the molecule is NC(=O)C1CCCN1C(=O)C(Cc1cnc[nH]1)NC(=O)C1CCCC1. The molecular weight excluding hydrogens is 322 g/mol. The summed E-state index contributed by atoms with van der Waals surface area (Å²) in [4.78, 5) is 45.6. The van der Waals surface area contributed by atoms with Crippen molar-refractivity contribution in [3.63, 3.8) is 0 Å². The number of amides is 3. The zero-order chi connectivity index (χ0) is 17.8. The van der Waals surface area contributed by atoms with Crippen molar-refractivity contribution in [1.29, 1.82) is 0 Å². The van der Waals surface area contributed by atoms with E-state index in [0.717, 1.165) is 37.8 Å². The van der Waals surface area contributed by atoms with Crippen LogP contribution in [0.25, 0.3) is 0 Å². The molecule has 2 unspecified atom stereocenters. The van der Waals surface area contributed by atoms with Gasteiger partial charge in [-0.05, 0) is 25.7 Å². The van der Waals surface area contributed by atoms with Crippen molar-refractivity contribution in [2.24, 2.45) is 11.7 Å². The van der Waals surface area contributed by atoms with Gasteiger partial charge in [-0.3, -0.25) is 14.4 Å². The minimum absolute atomic E-state index is 0.0254. The van der Waals surface area contributed by atoms with Crippen LogP contribution in [0.3, 0.4) is 0 Å². The number of nitrogens with zero attached hydrogens (tertiary/aromatic N) is 2. The second kappa shape index (κ2) is 7.67. The molecule has 136 valence electrons. The van der Waals surface area contributed by atoms with Gasteiger partial charge in [-0.1, -0.05) is 12.8 Å². The summed E-state index contributed by atoms with van der Waals surface area (Å²) in [5.74, 6) is -0.844. The highest BCUT2D eigenvalue weighted by molar-refractivity contribution is 5.92. The molecular formula is C17H25N5O3. The largest absolute Gasteiger partial charge is 0.368 e. The standard InChI is InChI=1S/C17H25N5O3/c18-15(23)14-6-3-7-22(14)17(25)13(8-12-9-19-10-20-12)21-16(24)11-4-1-2-5-11/h9-11,13-14H,1-8H2,(H2,18,23)(H,19,20)(H,21,24). The van der Waals surface area contributed by atoms with E-state index >= 15 is 0 Å². The zero-order valence-corrected chi connectivity index (χ0v) is 14.2. The molecule has 2 heterocycles. The van der Waals surface area contributed by atoms with Crippen LogP contribution in [0.1, 0.15) is 44.2 Å². The number of rotatable bonds is 6. The number of nitrogens with one attached hydrogen (secondary N) is 2. The van der Waals surface area contributed by atoms with E-state index in [1.54, 1.807) is 6.20 Å². The van der Waals surface area contributed by atoms with Crippen LogP contribution in [0.5, 0.6) is 0 Å². The fourth-order valence-electron chi connectivity index (χ4n) is 3.82. The molecule has 1 aromatic heterocycles. The molecule has 2 atom stereocenters. The number of primary amides is 1. The maximum atomic E-state index is 13.0. The number of hydrogen-bond donors (Lipinski definition) is 3. The summed E-state index contributed by atoms with van der Waals surface area (Å²) in [7, 11) is 0. The average Bonchev–Trinajstić information content (AvgIpc) is 3.33. The molecule has 1 aliphatic carbocycles. The lowest BCUT2D eigenvalue weighted by molar-refractivity contribution is -0.141. The summed E-state index contributed by atoms with van der Waals surface area (Å²) in [5, 5.41) is 2.90. The summed E-state index contributed by atoms with van der Waals surface area (Å²) >= 11 is 0. The predicted molar refractivity (Wildman–Crippen MR) is 90.1 cm³/mol. The second-order valence-corrected chi connectivity index (χ2v) is 6.92. The molecule has 3 amide bonds. The Morgan fingerprint density at radius 2 is 2.04 bits per heavy atom. The van der Waals surface area contributed by atoms with Crippen LogP contribution in [0.2, 0.25) is 0 Å². The number of aromatic nitrogens is 2. The van der Waals surface area contributed by atoms with Gasteiger partial charge in [0, 0.05) is 30.8 Å². The number of likely N-dealkylation sites (tertiary alicyclic amines) is 1. The van der Waals surface area contributed by atoms with Gasteiger partial charge in [0.05, 0.1) is 6.33 Å². The van der Waals surface area contributed by atoms with E-state index in [-0.39, 0.29) is 17.7 Å². The topological polar surface area (TPSA) is 121 Å². The lowest BCUT2D eigenvalue weighted by atomic mass is 10.0. The third-order valence-electron chi connectivity index (χ3n) is 5.18. The highest BCUT2D eigenvalue weighted by atomic mass is 16.2. The number of H-pyrrole nitrogens is 1. The summed E-state index contributed by atoms with van der Waals surface area (Å²) in [6.45, 7) is 0.491. The zero-order valence-electron chi connectivity index (χ0n) is 14.2. The Morgan fingerprint density at radius 3 is 2.68 bits per heavy atom. The molecule has 0 radical (unpaired) electrons. The van der Waals surface area contributed by atoms with E-state index in [4.69, 9.17) is 5.73 Å². The van der Waals surface area contributed by atoms with Crippen LogP contribution in [-0.2, 0) is 20.8 Å². The van der Waals surface area contributed by atoms with Crippen LogP contribution in [0.4, 0.5) is 0 Å². The van der Waals surface area contributed by atoms with E-state index in [1.165, 1.54) is 11.2 Å². The lowest BCUT2D eigenvalue weighted by Crippen LogP contribution is -2.54. The van der Waals surface area contributed by atoms with E-state index in [2.05, 4.69) is 15.3 Å². The average molecular weight is 347 g/mol. The number of carbonyl (C=O) groups excluding carboxylic acids is 3. The molecule has 0 bridgehead atoms. The number of nitrogens with two attached hydrogens (primary N) is 1. The lowest BCUT2D eigenvalue weighted by Gasteiger charge is -2.28. The Morgan fingerprint density at radius 1 is 1.28 bits per heavy atom. The molecule has 3 rings (SSSR count). The van der Waals surface area contributed by atoms with Gasteiger partial charge in [0.1, 0.15) is 12.1 Å². The smallest absolute Gasteiger partial charge is 0.246 e. The normalized spacial score (nSPS) is 22.1. The third kappa shape index (κ3) is 4.00. The molecule has 4 N–H and O–H groups in total. The van der Waals surface area contributed by atoms with Crippen molar-refractivity contribution in [2.75, 3.05) is 6.54 Å². The minimum atomic E-state index is -0.714. The molecule has 2 fully saturated rings. The maximum absolute atomic E-state index is 13.0. The second-order valence-electron chi connectivity index (χ2n) is 6.92. The van der Waals surface area contributed by atoms with Crippen molar-refractivity contribution in [2.45, 2.75) is 57.0 Å². The van der Waals surface area contributed by atoms with Crippen LogP contribution in [-0.4, -0.2) is 51.2 Å². The first-order valence-electron chi connectivity index (χ1n) is 8.93. The molecule has 8 nitrogen and oxygen atoms in total. The van der Waals surface area contributed by atoms with Gasteiger partial charge in [-0.2, -0.15) is 0 Å². The third-order valence-corrected chi connectivity index (χ3v) is 5.18. The number of aromatic amines is 1. The molecule has 0 aromatic carbocycles. The van der Waals surface area contributed by atoms with E-state index in [0.29, 0.717) is 19.4 Å². The highest BCUT2D eigenvalue weighted by Gasteiger charge is 2.37. The molecule has 25 heavy (non-hydrogen) atoms. The fraction of sp³-hybridized carbons (Fsp3) is 0.647. The fourth-order valence-corrected chi connectivity index (χ4v) is 3.82. The Kier molecular flexibility index (Phi) is 5.35. The first-order chi connectivity index (χ1) is 12.1. The van der Waals surface area contributed by atoms with Gasteiger partial charge in [0.25, 0.3) is 0 Å². The molecule has 1 saturated heterocycles. The molecule has 1 aliphatic heterocycles. The van der Waals surface area contributed by atoms with Gasteiger partial charge >= 0.3 is 0 Å². The van der Waals surface area contributed by atoms with E-state index in [1.807, 2.05) is 0 Å². The summed E-state index contributed by atoms with van der Waals surface area (Å²) in [6, 6.07) is -1.30. The monoisotopic (exact) mass is 347 g/mol. The maximum Gasteiger partial charge on any atom is 0.246 e. The van der Waals surface area contributed by atoms with Gasteiger partial charge < -0.3 is 20.9 Å². The minimum Gasteiger partial charge on any atom is -0.368 e. The first-order valence-corrected chi connectivity index (χ1v) is 8.93. The molecule has 2 aliphatic rings. The number of hydrogen-bond acceptors (Lipinski definition) is 4. The highest BCUT2D eigenvalue weighted by Crippen LogP contribution is 2.25. The summed E-state index contributed by atoms with van der Waals surface area (Å²) in [6.07, 6.45) is 8.64. The van der Waals surface area contributed by atoms with Gasteiger partial charge in [0.15, 0.2) is 0 Å². The van der Waals surface area contributed by atoms with Crippen LogP contribution < -0.4 is 11.1 Å². The van der Waals surface area contributed by atoms with Gasteiger partial charge in [-0.15, -0.1) is 0 Å². The molecule has 0 spiro atoms. The van der Waals surface area contributed by atoms with Gasteiger partial charge in [0.2, 0.25) is 17.7 Å². The van der Waals surface area contributed by atoms with Gasteiger partial charge in [-0.25, -0.2) is 4.98 Å². The quantitative estimate of drug-likeness (QED) is 0.676. The molecule has 8 heteroatoms. The Bertz CT molecular complexity index is 624. The predicted octanol–water partition coefficient (Wildman–Crippen LogP) is 0.104. The van der Waals surface area contributed by atoms with Crippen LogP contribution in [0.15, 0.2) is 12.5 Å². The van der Waals surface area contributed by atoms with Crippen molar-refractivity contribution < 1.29 is 14.4 Å². The number of carbonyl (C=O) groups is 3. The number of imidazole rings is 1. The summed E-state index contributed by atoms with van der Waals surface area (Å²) in [5.41, 5.74) is 6.19. The summed E-state index contributed by atoms with van der Waals surface area (Å²) < 4.78 is 0. The molecule has 1 aromatic rings. The molecule has 1 saturated carbocycles. The van der Waals surface area contributed by atoms with Crippen molar-refractivity contribution in [3.05, 3.63) is 18.2 Å². The van der Waals surface area contributed by atoms with Crippen molar-refractivity contribution in [1.82, 2.24) is 20.2 Å². The van der Waals surface area contributed by atoms with Crippen molar-refractivity contribution in [3.8, 4) is 0 Å². The Hall–Kier alpha value is -2.38. The van der Waals surface area contributed by atoms with Crippen LogP contribution >= 0.6 is 0 Å². The Labute approximate surface area is 146 Å². The Balaban J connectivity index is 1.73.